The van der Waals surface area contributed by atoms with Gasteiger partial charge in [0.15, 0.2) is 0 Å². The summed E-state index contributed by atoms with van der Waals surface area (Å²) in [6.45, 7) is 9.44. The lowest BCUT2D eigenvalue weighted by atomic mass is 10.00. The largest absolute Gasteiger partial charge is 0.348 e. The fourth-order valence-electron chi connectivity index (χ4n) is 3.19. The maximum Gasteiger partial charge on any atom is 0.241 e. The molecule has 6 heteroatoms. The molecule has 2 rings (SSSR count). The van der Waals surface area contributed by atoms with Crippen LogP contribution in [0.2, 0.25) is 0 Å². The molecular formula is C21H28N2O3S. The lowest BCUT2D eigenvalue weighted by molar-refractivity contribution is -0.120. The Bertz CT molecular complexity index is 952. The number of rotatable bonds is 6. The van der Waals surface area contributed by atoms with Crippen molar-refractivity contribution in [2.45, 2.75) is 40.7 Å². The number of nitrogens with zero attached hydrogens (tertiary/aromatic N) is 1. The van der Waals surface area contributed by atoms with Crippen LogP contribution in [0.3, 0.4) is 0 Å². The second kappa shape index (κ2) is 8.13. The highest BCUT2D eigenvalue weighted by molar-refractivity contribution is 7.92. The Morgan fingerprint density at radius 3 is 2.19 bits per heavy atom. The maximum atomic E-state index is 12.6. The van der Waals surface area contributed by atoms with E-state index in [4.69, 9.17) is 0 Å². The molecule has 2 aromatic rings. The Balaban J connectivity index is 2.23. The minimum atomic E-state index is -3.59. The van der Waals surface area contributed by atoms with Gasteiger partial charge in [-0.15, -0.1) is 0 Å². The van der Waals surface area contributed by atoms with Gasteiger partial charge in [0.25, 0.3) is 0 Å². The molecule has 1 amide bonds. The molecule has 0 fully saturated rings. The van der Waals surface area contributed by atoms with Crippen molar-refractivity contribution < 1.29 is 13.2 Å². The molecular weight excluding hydrogens is 360 g/mol. The maximum absolute atomic E-state index is 12.6. The number of nitrogens with one attached hydrogen (secondary N) is 1. The van der Waals surface area contributed by atoms with E-state index in [1.807, 2.05) is 65.0 Å². The van der Waals surface area contributed by atoms with Gasteiger partial charge < -0.3 is 5.32 Å². The van der Waals surface area contributed by atoms with Gasteiger partial charge in [0.05, 0.1) is 18.0 Å². The van der Waals surface area contributed by atoms with Crippen molar-refractivity contribution in [3.63, 3.8) is 0 Å². The number of hydrogen-bond acceptors (Lipinski definition) is 3. The molecule has 0 aromatic heterocycles. The van der Waals surface area contributed by atoms with E-state index in [0.717, 1.165) is 38.4 Å². The van der Waals surface area contributed by atoms with Crippen molar-refractivity contribution in [2.75, 3.05) is 17.1 Å². The third kappa shape index (κ3) is 5.32. The number of sulfonamides is 1. The second-order valence-electron chi connectivity index (χ2n) is 7.21. The third-order valence-corrected chi connectivity index (χ3v) is 5.71. The van der Waals surface area contributed by atoms with E-state index in [1.165, 1.54) is 0 Å². The van der Waals surface area contributed by atoms with Crippen LogP contribution in [-0.2, 0) is 14.8 Å². The minimum Gasteiger partial charge on any atom is -0.348 e. The predicted octanol–water partition coefficient (Wildman–Crippen LogP) is 3.56. The van der Waals surface area contributed by atoms with Crippen molar-refractivity contribution >= 4 is 21.6 Å². The van der Waals surface area contributed by atoms with Crippen LogP contribution in [0.25, 0.3) is 0 Å². The van der Waals surface area contributed by atoms with Gasteiger partial charge in [-0.3, -0.25) is 9.10 Å². The van der Waals surface area contributed by atoms with Crippen molar-refractivity contribution in [1.29, 1.82) is 0 Å². The molecule has 0 saturated heterocycles. The van der Waals surface area contributed by atoms with Crippen LogP contribution >= 0.6 is 0 Å². The molecule has 0 spiro atoms. The molecule has 0 aliphatic rings. The van der Waals surface area contributed by atoms with Gasteiger partial charge in [-0.1, -0.05) is 41.5 Å². The first kappa shape index (κ1) is 21.0. The van der Waals surface area contributed by atoms with Gasteiger partial charge in [-0.05, 0) is 57.4 Å². The molecule has 0 radical (unpaired) electrons. The topological polar surface area (TPSA) is 66.5 Å². The molecule has 0 heterocycles. The van der Waals surface area contributed by atoms with Gasteiger partial charge in [-0.2, -0.15) is 0 Å². The highest BCUT2D eigenvalue weighted by Crippen LogP contribution is 2.24. The molecule has 1 atom stereocenters. The van der Waals surface area contributed by atoms with Crippen molar-refractivity contribution in [1.82, 2.24) is 5.32 Å². The van der Waals surface area contributed by atoms with Crippen molar-refractivity contribution in [2.24, 2.45) is 0 Å². The predicted molar refractivity (Wildman–Crippen MR) is 111 cm³/mol. The van der Waals surface area contributed by atoms with Gasteiger partial charge in [0, 0.05) is 0 Å². The summed E-state index contributed by atoms with van der Waals surface area (Å²) in [6, 6.07) is 11.4. The number of benzene rings is 2. The van der Waals surface area contributed by atoms with Crippen molar-refractivity contribution in [3.8, 4) is 0 Å². The van der Waals surface area contributed by atoms with E-state index in [-0.39, 0.29) is 18.5 Å². The molecule has 0 aliphatic heterocycles. The average molecular weight is 389 g/mol. The Morgan fingerprint density at radius 1 is 1.00 bits per heavy atom. The average Bonchev–Trinajstić information content (AvgIpc) is 2.54. The van der Waals surface area contributed by atoms with Crippen LogP contribution in [0.15, 0.2) is 36.4 Å². The molecule has 0 aliphatic carbocycles. The summed E-state index contributed by atoms with van der Waals surface area (Å²) < 4.78 is 25.8. The highest BCUT2D eigenvalue weighted by Gasteiger charge is 2.23. The van der Waals surface area contributed by atoms with Crippen LogP contribution in [0.5, 0.6) is 0 Å². The third-order valence-electron chi connectivity index (χ3n) is 4.59. The SMILES string of the molecule is Cc1ccc(N(CC(=O)N[C@H](C)c2cc(C)ccc2C)S(C)(=O)=O)c(C)c1. The lowest BCUT2D eigenvalue weighted by Gasteiger charge is -2.25. The Morgan fingerprint density at radius 2 is 1.59 bits per heavy atom. The summed E-state index contributed by atoms with van der Waals surface area (Å²) >= 11 is 0. The number of carbonyl (C=O) groups is 1. The zero-order chi connectivity index (χ0) is 20.4. The quantitative estimate of drug-likeness (QED) is 0.823. The Hall–Kier alpha value is -2.34. The number of hydrogen-bond donors (Lipinski definition) is 1. The molecule has 146 valence electrons. The van der Waals surface area contributed by atoms with E-state index in [2.05, 4.69) is 5.32 Å². The first-order valence-corrected chi connectivity index (χ1v) is 10.8. The summed E-state index contributed by atoms with van der Waals surface area (Å²) in [5.74, 6) is -0.339. The van der Waals surface area contributed by atoms with Crippen LogP contribution in [0.1, 0.15) is 40.8 Å². The van der Waals surface area contributed by atoms with Gasteiger partial charge in [-0.25, -0.2) is 8.42 Å². The zero-order valence-electron chi connectivity index (χ0n) is 16.8. The van der Waals surface area contributed by atoms with Crippen LogP contribution in [0, 0.1) is 27.7 Å². The molecule has 27 heavy (non-hydrogen) atoms. The number of carbonyl (C=O) groups excluding carboxylic acids is 1. The zero-order valence-corrected chi connectivity index (χ0v) is 17.6. The lowest BCUT2D eigenvalue weighted by Crippen LogP contribution is -2.41. The smallest absolute Gasteiger partial charge is 0.241 e. The van der Waals surface area contributed by atoms with Gasteiger partial charge >= 0.3 is 0 Å². The molecule has 5 nitrogen and oxygen atoms in total. The van der Waals surface area contributed by atoms with Crippen molar-refractivity contribution in [3.05, 3.63) is 64.2 Å². The first-order valence-electron chi connectivity index (χ1n) is 8.90. The monoisotopic (exact) mass is 388 g/mol. The second-order valence-corrected chi connectivity index (χ2v) is 9.12. The standard InChI is InChI=1S/C21H28N2O3S/c1-14-8-10-20(17(4)11-14)23(27(6,25)26)13-21(24)22-18(5)19-12-15(2)7-9-16(19)3/h7-12,18H,13H2,1-6H3,(H,22,24)/t18-/m1/s1. The van der Waals surface area contributed by atoms with Crippen LogP contribution in [0.4, 0.5) is 5.69 Å². The fourth-order valence-corrected chi connectivity index (χ4v) is 4.10. The Kier molecular flexibility index (Phi) is 6.31. The van der Waals surface area contributed by atoms with E-state index >= 15 is 0 Å². The number of anilines is 1. The van der Waals surface area contributed by atoms with Gasteiger partial charge in [0.1, 0.15) is 6.54 Å². The fraction of sp³-hybridized carbons (Fsp3) is 0.381. The van der Waals surface area contributed by atoms with E-state index < -0.39 is 10.0 Å². The van der Waals surface area contributed by atoms with Crippen LogP contribution < -0.4 is 9.62 Å². The van der Waals surface area contributed by atoms with E-state index in [9.17, 15) is 13.2 Å². The molecule has 0 saturated carbocycles. The molecule has 0 bridgehead atoms. The summed E-state index contributed by atoms with van der Waals surface area (Å²) in [4.78, 5) is 12.6. The van der Waals surface area contributed by atoms with E-state index in [0.29, 0.717) is 5.69 Å². The van der Waals surface area contributed by atoms with E-state index in [1.54, 1.807) is 6.07 Å². The summed E-state index contributed by atoms with van der Waals surface area (Å²) in [6.07, 6.45) is 1.12. The van der Waals surface area contributed by atoms with Gasteiger partial charge in [0.2, 0.25) is 15.9 Å². The molecule has 2 aromatic carbocycles. The summed E-state index contributed by atoms with van der Waals surface area (Å²) in [5, 5.41) is 2.92. The molecule has 1 N–H and O–H groups in total. The highest BCUT2D eigenvalue weighted by atomic mass is 32.2. The number of aryl methyl sites for hydroxylation is 4. The molecule has 0 unspecified atom stereocenters. The summed E-state index contributed by atoms with van der Waals surface area (Å²) in [5.41, 5.74) is 5.61. The number of amides is 1. The van der Waals surface area contributed by atoms with Crippen LogP contribution in [-0.4, -0.2) is 27.1 Å². The minimum absolute atomic E-state index is 0.210. The Labute approximate surface area is 162 Å². The summed E-state index contributed by atoms with van der Waals surface area (Å²) in [7, 11) is -3.59. The normalized spacial score (nSPS) is 12.5. The first-order chi connectivity index (χ1) is 12.5.